The first-order valence-corrected chi connectivity index (χ1v) is 11.8. The highest BCUT2D eigenvalue weighted by molar-refractivity contribution is 6.10. The number of nitrogens with zero attached hydrogens (tertiary/aromatic N) is 2. The quantitative estimate of drug-likeness (QED) is 0.419. The second-order valence-corrected chi connectivity index (χ2v) is 9.01. The lowest BCUT2D eigenvalue weighted by Crippen LogP contribution is -2.46. The molecule has 1 aliphatic rings. The van der Waals surface area contributed by atoms with E-state index in [-0.39, 0.29) is 36.4 Å². The number of nitrogens with one attached hydrogen (secondary N) is 1. The average Bonchev–Trinajstić information content (AvgIpc) is 3.26. The first-order valence-electron chi connectivity index (χ1n) is 11.8. The van der Waals surface area contributed by atoms with Gasteiger partial charge in [-0.25, -0.2) is 0 Å². The molecule has 8 nitrogen and oxygen atoms in total. The lowest BCUT2D eigenvalue weighted by atomic mass is 10.0. The summed E-state index contributed by atoms with van der Waals surface area (Å²) in [6.07, 6.45) is 1.72. The Morgan fingerprint density at radius 2 is 1.86 bits per heavy atom. The number of ether oxygens (including phenoxy) is 1. The number of likely N-dealkylation sites (tertiary alicyclic amines) is 1. The fourth-order valence-corrected chi connectivity index (χ4v) is 4.98. The van der Waals surface area contributed by atoms with Crippen LogP contribution in [0.1, 0.15) is 39.3 Å². The van der Waals surface area contributed by atoms with Crippen LogP contribution in [0, 0.1) is 0 Å². The Balaban J connectivity index is 1.70. The minimum atomic E-state index is -0.333. The Morgan fingerprint density at radius 1 is 1.11 bits per heavy atom. The number of piperidine rings is 1. The molecule has 0 saturated carbocycles. The summed E-state index contributed by atoms with van der Waals surface area (Å²) in [7, 11) is 1.53. The van der Waals surface area contributed by atoms with Crippen molar-refractivity contribution in [3.63, 3.8) is 0 Å². The van der Waals surface area contributed by atoms with E-state index in [1.165, 1.54) is 11.7 Å². The van der Waals surface area contributed by atoms with Gasteiger partial charge in [0.2, 0.25) is 0 Å². The molecule has 3 heterocycles. The van der Waals surface area contributed by atoms with Gasteiger partial charge in [-0.05, 0) is 18.9 Å². The molecule has 4 aromatic rings. The van der Waals surface area contributed by atoms with Gasteiger partial charge >= 0.3 is 0 Å². The molecule has 180 valence electrons. The van der Waals surface area contributed by atoms with E-state index in [0.717, 1.165) is 18.2 Å². The predicted molar refractivity (Wildman–Crippen MR) is 135 cm³/mol. The Morgan fingerprint density at radius 3 is 2.60 bits per heavy atom. The van der Waals surface area contributed by atoms with Crippen LogP contribution in [0.4, 0.5) is 0 Å². The van der Waals surface area contributed by atoms with Gasteiger partial charge in [0, 0.05) is 42.8 Å². The standard InChI is InChI=1S/C27H28N4O4/c1-35-16-20-23-24(29-25(20)27(34)30-13-7-10-18(28)14-30)19-11-5-6-12-21(19)31(26(23)33)15-22(32)17-8-3-2-4-9-17/h2-6,8-9,11-12,18,29H,7,10,13-16,28H2,1H3/t18-/m1/s1. The van der Waals surface area contributed by atoms with E-state index in [0.29, 0.717) is 46.3 Å². The Hall–Kier alpha value is -3.75. The van der Waals surface area contributed by atoms with Crippen LogP contribution in [0.5, 0.6) is 0 Å². The van der Waals surface area contributed by atoms with Gasteiger partial charge < -0.3 is 20.4 Å². The van der Waals surface area contributed by atoms with Crippen LogP contribution in [0.2, 0.25) is 0 Å². The number of amides is 1. The number of fused-ring (bicyclic) bond motifs is 3. The van der Waals surface area contributed by atoms with Crippen molar-refractivity contribution in [3.05, 3.63) is 81.8 Å². The van der Waals surface area contributed by atoms with E-state index in [9.17, 15) is 14.4 Å². The molecule has 1 fully saturated rings. The third kappa shape index (κ3) is 4.15. The second kappa shape index (κ2) is 9.48. The van der Waals surface area contributed by atoms with Crippen molar-refractivity contribution >= 4 is 33.5 Å². The third-order valence-electron chi connectivity index (χ3n) is 6.67. The van der Waals surface area contributed by atoms with Gasteiger partial charge in [-0.15, -0.1) is 0 Å². The van der Waals surface area contributed by atoms with E-state index in [2.05, 4.69) is 4.98 Å². The van der Waals surface area contributed by atoms with E-state index >= 15 is 0 Å². The summed E-state index contributed by atoms with van der Waals surface area (Å²) in [5.74, 6) is -0.363. The van der Waals surface area contributed by atoms with Crippen LogP contribution >= 0.6 is 0 Å². The van der Waals surface area contributed by atoms with E-state index in [1.807, 2.05) is 30.3 Å². The van der Waals surface area contributed by atoms with Crippen molar-refractivity contribution in [2.24, 2.45) is 5.73 Å². The van der Waals surface area contributed by atoms with Gasteiger partial charge in [-0.2, -0.15) is 0 Å². The number of hydrogen-bond donors (Lipinski definition) is 2. The molecule has 8 heteroatoms. The normalized spacial score (nSPS) is 16.2. The molecule has 0 bridgehead atoms. The Bertz CT molecular complexity index is 1470. The first kappa shape index (κ1) is 23.0. The fourth-order valence-electron chi connectivity index (χ4n) is 4.98. The molecule has 1 atom stereocenters. The number of methoxy groups -OCH3 is 1. The zero-order valence-electron chi connectivity index (χ0n) is 19.6. The highest BCUT2D eigenvalue weighted by atomic mass is 16.5. The van der Waals surface area contributed by atoms with Crippen LogP contribution in [0.25, 0.3) is 21.8 Å². The van der Waals surface area contributed by atoms with Gasteiger partial charge in [-0.3, -0.25) is 19.0 Å². The van der Waals surface area contributed by atoms with Crippen molar-refractivity contribution in [2.75, 3.05) is 20.2 Å². The summed E-state index contributed by atoms with van der Waals surface area (Å²) in [5, 5.41) is 1.13. The van der Waals surface area contributed by atoms with Gasteiger partial charge in [0.05, 0.1) is 29.6 Å². The van der Waals surface area contributed by atoms with Crippen LogP contribution in [0.3, 0.4) is 0 Å². The summed E-state index contributed by atoms with van der Waals surface area (Å²) in [6, 6.07) is 16.3. The zero-order chi connectivity index (χ0) is 24.5. The molecule has 3 N–H and O–H groups in total. The predicted octanol–water partition coefficient (Wildman–Crippen LogP) is 3.08. The molecule has 0 spiro atoms. The molecule has 35 heavy (non-hydrogen) atoms. The van der Waals surface area contributed by atoms with E-state index < -0.39 is 0 Å². The molecule has 1 aliphatic heterocycles. The van der Waals surface area contributed by atoms with Crippen LogP contribution in [-0.2, 0) is 17.9 Å². The summed E-state index contributed by atoms with van der Waals surface area (Å²) in [5.41, 5.74) is 8.35. The molecule has 0 aliphatic carbocycles. The van der Waals surface area contributed by atoms with Crippen molar-refractivity contribution < 1.29 is 14.3 Å². The van der Waals surface area contributed by atoms with Crippen LogP contribution in [-0.4, -0.2) is 52.4 Å². The highest BCUT2D eigenvalue weighted by Gasteiger charge is 2.29. The number of carbonyl (C=O) groups excluding carboxylic acids is 2. The number of para-hydroxylation sites is 1. The maximum absolute atomic E-state index is 13.9. The van der Waals surface area contributed by atoms with Crippen molar-refractivity contribution in [1.29, 1.82) is 0 Å². The molecular weight excluding hydrogens is 444 g/mol. The molecule has 2 aromatic heterocycles. The minimum Gasteiger partial charge on any atom is -0.380 e. The van der Waals surface area contributed by atoms with Gasteiger partial charge in [-0.1, -0.05) is 48.5 Å². The SMILES string of the molecule is COCc1c(C(=O)N2CCC[C@@H](N)C2)[nH]c2c1c(=O)n(CC(=O)c1ccccc1)c1ccccc21. The number of H-pyrrole nitrogens is 1. The minimum absolute atomic E-state index is 0.0648. The number of ketones is 1. The molecule has 1 saturated heterocycles. The molecule has 1 amide bonds. The number of Topliss-reactive ketones (excluding diaryl/α,β-unsaturated/α-hetero) is 1. The number of carbonyl (C=O) groups is 2. The average molecular weight is 473 g/mol. The summed E-state index contributed by atoms with van der Waals surface area (Å²) in [4.78, 5) is 45.4. The molecule has 5 rings (SSSR count). The van der Waals surface area contributed by atoms with Gasteiger partial charge in [0.1, 0.15) is 5.69 Å². The van der Waals surface area contributed by atoms with E-state index in [1.54, 1.807) is 29.2 Å². The maximum Gasteiger partial charge on any atom is 0.270 e. The lowest BCUT2D eigenvalue weighted by molar-refractivity contribution is 0.0699. The number of rotatable bonds is 6. The smallest absolute Gasteiger partial charge is 0.270 e. The number of nitrogens with two attached hydrogens (primary N) is 1. The number of hydrogen-bond acceptors (Lipinski definition) is 5. The van der Waals surface area contributed by atoms with Crippen molar-refractivity contribution in [3.8, 4) is 0 Å². The number of aromatic amines is 1. The lowest BCUT2D eigenvalue weighted by Gasteiger charge is -2.30. The van der Waals surface area contributed by atoms with Crippen LogP contribution in [0.15, 0.2) is 59.4 Å². The maximum atomic E-state index is 13.9. The Labute approximate surface area is 202 Å². The molecule has 0 radical (unpaired) electrons. The summed E-state index contributed by atoms with van der Waals surface area (Å²) < 4.78 is 6.91. The van der Waals surface area contributed by atoms with Crippen molar-refractivity contribution in [1.82, 2.24) is 14.5 Å². The molecule has 2 aromatic carbocycles. The number of benzene rings is 2. The fraction of sp³-hybridized carbons (Fsp3) is 0.296. The number of aromatic nitrogens is 2. The highest BCUT2D eigenvalue weighted by Crippen LogP contribution is 2.29. The molecular formula is C27H28N4O4. The van der Waals surface area contributed by atoms with Gasteiger partial charge in [0.25, 0.3) is 11.5 Å². The third-order valence-corrected chi connectivity index (χ3v) is 6.67. The first-order chi connectivity index (χ1) is 17.0. The van der Waals surface area contributed by atoms with Crippen LogP contribution < -0.4 is 11.3 Å². The molecule has 0 unspecified atom stereocenters. The van der Waals surface area contributed by atoms with E-state index in [4.69, 9.17) is 10.5 Å². The largest absolute Gasteiger partial charge is 0.380 e. The Kier molecular flexibility index (Phi) is 6.23. The number of pyridine rings is 1. The topological polar surface area (TPSA) is 110 Å². The summed E-state index contributed by atoms with van der Waals surface area (Å²) in [6.45, 7) is 1.06. The van der Waals surface area contributed by atoms with Gasteiger partial charge in [0.15, 0.2) is 5.78 Å². The monoisotopic (exact) mass is 472 g/mol. The van der Waals surface area contributed by atoms with Crippen molar-refractivity contribution in [2.45, 2.75) is 32.0 Å². The second-order valence-electron chi connectivity index (χ2n) is 9.01. The summed E-state index contributed by atoms with van der Waals surface area (Å²) >= 11 is 0. The zero-order valence-corrected chi connectivity index (χ0v) is 19.6.